The van der Waals surface area contributed by atoms with E-state index in [1.807, 2.05) is 0 Å². The second-order valence-corrected chi connectivity index (χ2v) is 5.28. The number of carbonyl (C=O) groups is 1. The van der Waals surface area contributed by atoms with Gasteiger partial charge in [-0.05, 0) is 38.3 Å². The molecule has 108 valence electrons. The summed E-state index contributed by atoms with van der Waals surface area (Å²) in [5.41, 5.74) is -1.10. The third-order valence-corrected chi connectivity index (χ3v) is 4.30. The van der Waals surface area contributed by atoms with Gasteiger partial charge in [-0.2, -0.15) is 13.2 Å². The molecular formula is C14H15F3N2O. The predicted molar refractivity (Wildman–Crippen MR) is 69.7 cm³/mol. The van der Waals surface area contributed by atoms with Gasteiger partial charge in [-0.3, -0.25) is 4.79 Å². The highest BCUT2D eigenvalue weighted by atomic mass is 19.4. The van der Waals surface area contributed by atoms with Crippen molar-refractivity contribution in [3.05, 3.63) is 23.8 Å². The number of nitrogens with zero attached hydrogens (tertiary/aromatic N) is 1. The quantitative estimate of drug-likeness (QED) is 0.857. The minimum Gasteiger partial charge on any atom is -0.355 e. The molecule has 0 aromatic heterocycles. The second kappa shape index (κ2) is 4.14. The monoisotopic (exact) mass is 284 g/mol. The van der Waals surface area contributed by atoms with Crippen molar-refractivity contribution in [2.45, 2.75) is 37.9 Å². The average Bonchev–Trinajstić information content (AvgIpc) is 2.32. The first-order valence-electron chi connectivity index (χ1n) is 6.69. The van der Waals surface area contributed by atoms with Crippen molar-refractivity contribution in [1.29, 1.82) is 0 Å². The summed E-state index contributed by atoms with van der Waals surface area (Å²) >= 11 is 0. The van der Waals surface area contributed by atoms with Crippen molar-refractivity contribution in [2.24, 2.45) is 0 Å². The molecule has 6 heteroatoms. The van der Waals surface area contributed by atoms with Crippen LogP contribution in [0.4, 0.5) is 24.5 Å². The van der Waals surface area contributed by atoms with E-state index in [1.165, 1.54) is 12.1 Å². The number of benzene rings is 1. The van der Waals surface area contributed by atoms with E-state index in [-0.39, 0.29) is 17.3 Å². The molecule has 2 aliphatic rings. The summed E-state index contributed by atoms with van der Waals surface area (Å²) in [6, 6.07) is 3.93. The molecule has 1 N–H and O–H groups in total. The summed E-state index contributed by atoms with van der Waals surface area (Å²) in [6.45, 7) is 2.17. The van der Waals surface area contributed by atoms with Gasteiger partial charge in [0.15, 0.2) is 0 Å². The highest BCUT2D eigenvalue weighted by Gasteiger charge is 2.53. The lowest BCUT2D eigenvalue weighted by Crippen LogP contribution is -2.64. The van der Waals surface area contributed by atoms with E-state index in [2.05, 4.69) is 5.32 Å². The second-order valence-electron chi connectivity index (χ2n) is 5.28. The van der Waals surface area contributed by atoms with Crippen LogP contribution in [-0.2, 0) is 11.0 Å². The van der Waals surface area contributed by atoms with Gasteiger partial charge in [-0.15, -0.1) is 0 Å². The van der Waals surface area contributed by atoms with Crippen LogP contribution in [0.25, 0.3) is 0 Å². The lowest BCUT2D eigenvalue weighted by atomic mass is 9.72. The van der Waals surface area contributed by atoms with Crippen LogP contribution in [0.2, 0.25) is 0 Å². The largest absolute Gasteiger partial charge is 0.418 e. The summed E-state index contributed by atoms with van der Waals surface area (Å²) in [7, 11) is 0. The zero-order valence-corrected chi connectivity index (χ0v) is 11.0. The topological polar surface area (TPSA) is 32.3 Å². The van der Waals surface area contributed by atoms with Crippen molar-refractivity contribution < 1.29 is 18.0 Å². The van der Waals surface area contributed by atoms with Crippen LogP contribution < -0.4 is 10.2 Å². The van der Waals surface area contributed by atoms with E-state index in [4.69, 9.17) is 0 Å². The lowest BCUT2D eigenvalue weighted by molar-refractivity contribution is -0.137. The number of hydrogen-bond acceptors (Lipinski definition) is 2. The first-order valence-corrected chi connectivity index (χ1v) is 6.69. The molecule has 1 aromatic carbocycles. The number of carbonyl (C=O) groups excluding carboxylic acids is 1. The third kappa shape index (κ3) is 1.63. The van der Waals surface area contributed by atoms with Crippen LogP contribution in [0.5, 0.6) is 0 Å². The molecule has 3 rings (SSSR count). The van der Waals surface area contributed by atoms with Gasteiger partial charge in [0, 0.05) is 6.54 Å². The Morgan fingerprint density at radius 1 is 1.35 bits per heavy atom. The fourth-order valence-electron chi connectivity index (χ4n) is 3.21. The Hall–Kier alpha value is -1.72. The first-order chi connectivity index (χ1) is 9.40. The highest BCUT2D eigenvalue weighted by molar-refractivity contribution is 6.07. The Morgan fingerprint density at radius 2 is 2.05 bits per heavy atom. The van der Waals surface area contributed by atoms with Crippen LogP contribution in [0.1, 0.15) is 31.7 Å². The van der Waals surface area contributed by atoms with Crippen molar-refractivity contribution in [3.8, 4) is 0 Å². The van der Waals surface area contributed by atoms with E-state index in [9.17, 15) is 18.0 Å². The molecule has 1 saturated carbocycles. The fraction of sp³-hybridized carbons (Fsp3) is 0.500. The number of anilines is 2. The number of nitrogens with one attached hydrogen (secondary N) is 1. The Balaban J connectivity index is 2.20. The highest BCUT2D eigenvalue weighted by Crippen LogP contribution is 2.50. The van der Waals surface area contributed by atoms with Crippen molar-refractivity contribution in [3.63, 3.8) is 0 Å². The molecular weight excluding hydrogens is 269 g/mol. The minimum atomic E-state index is -4.42. The number of alkyl halides is 3. The smallest absolute Gasteiger partial charge is 0.355 e. The molecule has 0 bridgehead atoms. The van der Waals surface area contributed by atoms with Crippen LogP contribution in [0.3, 0.4) is 0 Å². The zero-order valence-electron chi connectivity index (χ0n) is 11.0. The standard InChI is InChI=1S/C14H15F3N2O/c1-2-19-11-9(14(15,16)17)5-3-6-10(11)18-12(20)13(19)7-4-8-13/h3,5-6H,2,4,7-8H2,1H3,(H,18,20). The Labute approximate surface area is 114 Å². The van der Waals surface area contributed by atoms with E-state index in [1.54, 1.807) is 11.8 Å². The molecule has 1 spiro atoms. The normalized spacial score (nSPS) is 20.4. The molecule has 1 heterocycles. The molecule has 0 atom stereocenters. The average molecular weight is 284 g/mol. The Bertz CT molecular complexity index is 564. The van der Waals surface area contributed by atoms with Crippen LogP contribution in [-0.4, -0.2) is 18.0 Å². The molecule has 1 aromatic rings. The number of para-hydroxylation sites is 1. The van der Waals surface area contributed by atoms with E-state index in [0.717, 1.165) is 12.5 Å². The maximum Gasteiger partial charge on any atom is 0.418 e. The molecule has 0 unspecified atom stereocenters. The van der Waals surface area contributed by atoms with Crippen LogP contribution >= 0.6 is 0 Å². The van der Waals surface area contributed by atoms with Gasteiger partial charge in [-0.25, -0.2) is 0 Å². The van der Waals surface area contributed by atoms with Gasteiger partial charge in [-0.1, -0.05) is 6.07 Å². The molecule has 0 radical (unpaired) electrons. The molecule has 1 aliphatic heterocycles. The molecule has 1 amide bonds. The summed E-state index contributed by atoms with van der Waals surface area (Å²) in [4.78, 5) is 13.9. The van der Waals surface area contributed by atoms with E-state index >= 15 is 0 Å². The number of halogens is 3. The van der Waals surface area contributed by atoms with E-state index < -0.39 is 17.3 Å². The fourth-order valence-corrected chi connectivity index (χ4v) is 3.21. The van der Waals surface area contributed by atoms with Gasteiger partial charge in [0.25, 0.3) is 0 Å². The van der Waals surface area contributed by atoms with Crippen LogP contribution in [0, 0.1) is 0 Å². The van der Waals surface area contributed by atoms with Gasteiger partial charge in [0.05, 0.1) is 16.9 Å². The minimum absolute atomic E-state index is 0.113. The van der Waals surface area contributed by atoms with Gasteiger partial charge >= 0.3 is 6.18 Å². The van der Waals surface area contributed by atoms with Crippen molar-refractivity contribution in [2.75, 3.05) is 16.8 Å². The van der Waals surface area contributed by atoms with Gasteiger partial charge in [0.1, 0.15) is 5.54 Å². The van der Waals surface area contributed by atoms with Gasteiger partial charge in [0.2, 0.25) is 5.91 Å². The van der Waals surface area contributed by atoms with Crippen LogP contribution in [0.15, 0.2) is 18.2 Å². The third-order valence-electron chi connectivity index (χ3n) is 4.30. The summed E-state index contributed by atoms with van der Waals surface area (Å²) in [5, 5.41) is 2.65. The van der Waals surface area contributed by atoms with E-state index in [0.29, 0.717) is 19.4 Å². The first kappa shape index (κ1) is 13.3. The molecule has 1 fully saturated rings. The SMILES string of the molecule is CCN1c2c(cccc2C(F)(F)F)NC(=O)C12CCC2. The number of amides is 1. The number of fused-ring (bicyclic) bond motifs is 1. The molecule has 0 saturated heterocycles. The molecule has 20 heavy (non-hydrogen) atoms. The Morgan fingerprint density at radius 3 is 2.55 bits per heavy atom. The summed E-state index contributed by atoms with van der Waals surface area (Å²) in [6.07, 6.45) is -2.34. The zero-order chi connectivity index (χ0) is 14.5. The maximum absolute atomic E-state index is 13.2. The lowest BCUT2D eigenvalue weighted by Gasteiger charge is -2.53. The number of rotatable bonds is 1. The predicted octanol–water partition coefficient (Wildman–Crippen LogP) is 3.41. The number of likely N-dealkylation sites (N-methyl/N-ethyl adjacent to an activating group) is 1. The summed E-state index contributed by atoms with van der Waals surface area (Å²) < 4.78 is 39.7. The Kier molecular flexibility index (Phi) is 2.74. The summed E-state index contributed by atoms with van der Waals surface area (Å²) in [5.74, 6) is -0.183. The molecule has 3 nitrogen and oxygen atoms in total. The molecule has 1 aliphatic carbocycles. The maximum atomic E-state index is 13.2. The van der Waals surface area contributed by atoms with Crippen molar-refractivity contribution >= 4 is 17.3 Å². The number of hydrogen-bond donors (Lipinski definition) is 1. The van der Waals surface area contributed by atoms with Crippen molar-refractivity contribution in [1.82, 2.24) is 0 Å². The van der Waals surface area contributed by atoms with Gasteiger partial charge < -0.3 is 10.2 Å².